The fraction of sp³-hybridized carbons (Fsp3) is 0.444. The van der Waals surface area contributed by atoms with Crippen LogP contribution in [0.2, 0.25) is 0 Å². The number of hydrogen-bond donors (Lipinski definition) is 0. The van der Waals surface area contributed by atoms with E-state index >= 15 is 0 Å². The van der Waals surface area contributed by atoms with Crippen LogP contribution in [0.1, 0.15) is 31.5 Å². The minimum atomic E-state index is 0.833. The average molecular weight is 296 g/mol. The topological polar surface area (TPSA) is 32.3 Å². The maximum atomic E-state index is 4.66. The summed E-state index contributed by atoms with van der Waals surface area (Å²) in [6, 6.07) is 12.5. The monoisotopic (exact) mass is 296 g/mol. The molecule has 0 atom stereocenters. The lowest BCUT2D eigenvalue weighted by atomic mass is 10.2. The van der Waals surface area contributed by atoms with E-state index in [1.165, 1.54) is 25.7 Å². The van der Waals surface area contributed by atoms with Crippen molar-refractivity contribution in [1.82, 2.24) is 9.97 Å². The van der Waals surface area contributed by atoms with Crippen molar-refractivity contribution < 1.29 is 0 Å². The van der Waals surface area contributed by atoms with Gasteiger partial charge >= 0.3 is 0 Å². The molecule has 3 rings (SSSR count). The van der Waals surface area contributed by atoms with E-state index in [2.05, 4.69) is 57.1 Å². The Bertz CT molecular complexity index is 604. The summed E-state index contributed by atoms with van der Waals surface area (Å²) >= 11 is 0. The second kappa shape index (κ2) is 6.77. The van der Waals surface area contributed by atoms with Gasteiger partial charge in [-0.2, -0.15) is 0 Å². The van der Waals surface area contributed by atoms with Crippen LogP contribution in [0.3, 0.4) is 0 Å². The normalized spacial score (nSPS) is 15.5. The zero-order chi connectivity index (χ0) is 15.4. The molecule has 4 nitrogen and oxygen atoms in total. The van der Waals surface area contributed by atoms with E-state index in [0.29, 0.717) is 0 Å². The molecule has 0 radical (unpaired) electrons. The van der Waals surface area contributed by atoms with Crippen LogP contribution in [0.15, 0.2) is 36.4 Å². The van der Waals surface area contributed by atoms with Gasteiger partial charge in [0.05, 0.1) is 0 Å². The Morgan fingerprint density at radius 2 is 1.64 bits per heavy atom. The van der Waals surface area contributed by atoms with Gasteiger partial charge in [0.25, 0.3) is 0 Å². The molecule has 2 aromatic rings. The minimum absolute atomic E-state index is 0.833. The van der Waals surface area contributed by atoms with Crippen LogP contribution in [-0.4, -0.2) is 30.1 Å². The SMILES string of the molecule is Cc1nc(N2CCCCCC2)cc(N(C)c2ccccc2)n1. The van der Waals surface area contributed by atoms with Gasteiger partial charge in [-0.3, -0.25) is 0 Å². The van der Waals surface area contributed by atoms with Gasteiger partial charge in [0, 0.05) is 31.9 Å². The molecule has 116 valence electrons. The molecule has 1 aliphatic rings. The number of aryl methyl sites for hydroxylation is 1. The highest BCUT2D eigenvalue weighted by Gasteiger charge is 2.14. The standard InChI is InChI=1S/C18H24N4/c1-15-19-17(21(2)16-10-6-5-7-11-16)14-18(20-15)22-12-8-3-4-9-13-22/h5-7,10-11,14H,3-4,8-9,12-13H2,1-2H3. The molecule has 0 bridgehead atoms. The Morgan fingerprint density at radius 1 is 0.955 bits per heavy atom. The smallest absolute Gasteiger partial charge is 0.138 e. The van der Waals surface area contributed by atoms with Gasteiger partial charge in [-0.25, -0.2) is 9.97 Å². The van der Waals surface area contributed by atoms with Crippen LogP contribution < -0.4 is 9.80 Å². The van der Waals surface area contributed by atoms with E-state index < -0.39 is 0 Å². The molecule has 0 N–H and O–H groups in total. The molecule has 1 aliphatic heterocycles. The molecule has 0 amide bonds. The van der Waals surface area contributed by atoms with E-state index in [1.54, 1.807) is 0 Å². The summed E-state index contributed by atoms with van der Waals surface area (Å²) in [6.45, 7) is 4.18. The predicted molar refractivity (Wildman–Crippen MR) is 92.0 cm³/mol. The number of aromatic nitrogens is 2. The van der Waals surface area contributed by atoms with Gasteiger partial charge in [-0.15, -0.1) is 0 Å². The number of hydrogen-bond acceptors (Lipinski definition) is 4. The molecule has 0 aliphatic carbocycles. The van der Waals surface area contributed by atoms with Crippen LogP contribution >= 0.6 is 0 Å². The molecule has 0 unspecified atom stereocenters. The quantitative estimate of drug-likeness (QED) is 0.859. The van der Waals surface area contributed by atoms with E-state index in [4.69, 9.17) is 0 Å². The van der Waals surface area contributed by atoms with Gasteiger partial charge in [-0.05, 0) is 31.9 Å². The summed E-state index contributed by atoms with van der Waals surface area (Å²) in [6.07, 6.45) is 5.18. The van der Waals surface area contributed by atoms with Crippen molar-refractivity contribution in [3.8, 4) is 0 Å². The fourth-order valence-corrected chi connectivity index (χ4v) is 2.95. The molecular weight excluding hydrogens is 272 g/mol. The molecule has 1 aromatic heterocycles. The Balaban J connectivity index is 1.89. The molecule has 0 saturated carbocycles. The predicted octanol–water partition coefficient (Wildman–Crippen LogP) is 3.93. The van der Waals surface area contributed by atoms with Crippen molar-refractivity contribution in [2.45, 2.75) is 32.6 Å². The summed E-state index contributed by atoms with van der Waals surface area (Å²) in [5.41, 5.74) is 1.14. The number of benzene rings is 1. The molecule has 1 saturated heterocycles. The van der Waals surface area contributed by atoms with Gasteiger partial charge in [0.15, 0.2) is 0 Å². The fourth-order valence-electron chi connectivity index (χ4n) is 2.95. The number of para-hydroxylation sites is 1. The van der Waals surface area contributed by atoms with E-state index in [-0.39, 0.29) is 0 Å². The Morgan fingerprint density at radius 3 is 2.32 bits per heavy atom. The number of anilines is 3. The van der Waals surface area contributed by atoms with Crippen molar-refractivity contribution in [3.05, 3.63) is 42.2 Å². The third kappa shape index (κ3) is 3.38. The summed E-state index contributed by atoms with van der Waals surface area (Å²) in [5.74, 6) is 2.85. The largest absolute Gasteiger partial charge is 0.356 e. The number of nitrogens with zero attached hydrogens (tertiary/aromatic N) is 4. The van der Waals surface area contributed by atoms with Crippen LogP contribution in [0.25, 0.3) is 0 Å². The molecule has 2 heterocycles. The first-order valence-electron chi connectivity index (χ1n) is 8.13. The first kappa shape index (κ1) is 14.8. The van der Waals surface area contributed by atoms with Crippen LogP contribution in [0.5, 0.6) is 0 Å². The maximum Gasteiger partial charge on any atom is 0.138 e. The van der Waals surface area contributed by atoms with Crippen LogP contribution in [-0.2, 0) is 0 Å². The molecule has 1 aromatic carbocycles. The summed E-state index contributed by atoms with van der Waals surface area (Å²) in [4.78, 5) is 13.8. The van der Waals surface area contributed by atoms with Crippen molar-refractivity contribution in [3.63, 3.8) is 0 Å². The average Bonchev–Trinajstić information content (AvgIpc) is 2.84. The second-order valence-corrected chi connectivity index (χ2v) is 5.93. The van der Waals surface area contributed by atoms with E-state index in [0.717, 1.165) is 36.2 Å². The zero-order valence-corrected chi connectivity index (χ0v) is 13.5. The van der Waals surface area contributed by atoms with E-state index in [9.17, 15) is 0 Å². The van der Waals surface area contributed by atoms with Crippen LogP contribution in [0, 0.1) is 6.92 Å². The molecule has 1 fully saturated rings. The Hall–Kier alpha value is -2.10. The maximum absolute atomic E-state index is 4.66. The molecule has 4 heteroatoms. The lowest BCUT2D eigenvalue weighted by molar-refractivity contribution is 0.726. The third-order valence-corrected chi connectivity index (χ3v) is 4.23. The lowest BCUT2D eigenvalue weighted by Crippen LogP contribution is -2.26. The van der Waals surface area contributed by atoms with Crippen molar-refractivity contribution in [2.75, 3.05) is 29.9 Å². The zero-order valence-electron chi connectivity index (χ0n) is 13.5. The summed E-state index contributed by atoms with van der Waals surface area (Å²) in [5, 5.41) is 0. The van der Waals surface area contributed by atoms with Gasteiger partial charge in [0.2, 0.25) is 0 Å². The van der Waals surface area contributed by atoms with Crippen LogP contribution in [0.4, 0.5) is 17.3 Å². The van der Waals surface area contributed by atoms with E-state index in [1.807, 2.05) is 13.0 Å². The van der Waals surface area contributed by atoms with Gasteiger partial charge in [-0.1, -0.05) is 31.0 Å². The highest BCUT2D eigenvalue weighted by molar-refractivity contribution is 5.62. The first-order valence-corrected chi connectivity index (χ1v) is 8.13. The first-order chi connectivity index (χ1) is 10.7. The highest BCUT2D eigenvalue weighted by Crippen LogP contribution is 2.26. The van der Waals surface area contributed by atoms with Gasteiger partial charge in [0.1, 0.15) is 17.5 Å². The lowest BCUT2D eigenvalue weighted by Gasteiger charge is -2.24. The van der Waals surface area contributed by atoms with Crippen molar-refractivity contribution >= 4 is 17.3 Å². The second-order valence-electron chi connectivity index (χ2n) is 5.93. The highest BCUT2D eigenvalue weighted by atomic mass is 15.2. The number of rotatable bonds is 3. The Kier molecular flexibility index (Phi) is 4.56. The van der Waals surface area contributed by atoms with Crippen molar-refractivity contribution in [1.29, 1.82) is 0 Å². The Labute approximate surface area is 132 Å². The third-order valence-electron chi connectivity index (χ3n) is 4.23. The van der Waals surface area contributed by atoms with Gasteiger partial charge < -0.3 is 9.80 Å². The summed E-state index contributed by atoms with van der Waals surface area (Å²) in [7, 11) is 2.06. The molecule has 22 heavy (non-hydrogen) atoms. The van der Waals surface area contributed by atoms with Crippen molar-refractivity contribution in [2.24, 2.45) is 0 Å². The summed E-state index contributed by atoms with van der Waals surface area (Å²) < 4.78 is 0. The molecular formula is C18H24N4. The molecule has 0 spiro atoms. The minimum Gasteiger partial charge on any atom is -0.356 e.